The van der Waals surface area contributed by atoms with Gasteiger partial charge in [-0.1, -0.05) is 6.07 Å². The summed E-state index contributed by atoms with van der Waals surface area (Å²) in [7, 11) is 0. The third kappa shape index (κ3) is 4.10. The zero-order valence-electron chi connectivity index (χ0n) is 13.6. The smallest absolute Gasteiger partial charge is 0.159 e. The fraction of sp³-hybridized carbons (Fsp3) is 0.333. The fourth-order valence-corrected chi connectivity index (χ4v) is 2.89. The highest BCUT2D eigenvalue weighted by atomic mass is 19.2. The molecule has 0 bridgehead atoms. The van der Waals surface area contributed by atoms with Gasteiger partial charge in [0.05, 0.1) is 17.7 Å². The van der Waals surface area contributed by atoms with E-state index in [0.29, 0.717) is 43.9 Å². The van der Waals surface area contributed by atoms with Crippen molar-refractivity contribution in [3.63, 3.8) is 0 Å². The van der Waals surface area contributed by atoms with Gasteiger partial charge in [0.2, 0.25) is 0 Å². The van der Waals surface area contributed by atoms with E-state index in [4.69, 9.17) is 5.26 Å². The van der Waals surface area contributed by atoms with E-state index in [1.807, 2.05) is 0 Å². The maximum Gasteiger partial charge on any atom is 0.159 e. The number of aliphatic hydroxyl groups is 1. The summed E-state index contributed by atoms with van der Waals surface area (Å²) in [5, 5.41) is 19.2. The van der Waals surface area contributed by atoms with Crippen LogP contribution in [0.4, 0.5) is 14.6 Å². The van der Waals surface area contributed by atoms with Gasteiger partial charge in [-0.25, -0.2) is 13.8 Å². The average molecular weight is 344 g/mol. The second-order valence-electron chi connectivity index (χ2n) is 5.99. The summed E-state index contributed by atoms with van der Waals surface area (Å²) in [6.45, 7) is 3.20. The third-order valence-corrected chi connectivity index (χ3v) is 4.33. The first kappa shape index (κ1) is 17.3. The van der Waals surface area contributed by atoms with Crippen molar-refractivity contribution in [2.45, 2.75) is 6.10 Å². The van der Waals surface area contributed by atoms with Crippen molar-refractivity contribution in [3.05, 3.63) is 59.3 Å². The summed E-state index contributed by atoms with van der Waals surface area (Å²) in [6.07, 6.45) is 0.745. The number of β-amino-alcohol motifs (C(OH)–C–C–N with tert-alkyl or cyclic N) is 1. The summed E-state index contributed by atoms with van der Waals surface area (Å²) in [5.41, 5.74) is 0.936. The Bertz CT molecular complexity index is 785. The van der Waals surface area contributed by atoms with E-state index < -0.39 is 17.7 Å². The molecule has 25 heavy (non-hydrogen) atoms. The van der Waals surface area contributed by atoms with Crippen molar-refractivity contribution >= 4 is 5.82 Å². The number of rotatable bonds is 4. The van der Waals surface area contributed by atoms with Crippen LogP contribution in [0, 0.1) is 23.0 Å². The molecular weight excluding hydrogens is 326 g/mol. The maximum absolute atomic E-state index is 13.3. The molecule has 1 aliphatic heterocycles. The molecule has 5 nitrogen and oxygen atoms in total. The number of aromatic nitrogens is 1. The van der Waals surface area contributed by atoms with E-state index in [1.165, 1.54) is 6.07 Å². The van der Waals surface area contributed by atoms with Gasteiger partial charge in [0.1, 0.15) is 5.82 Å². The summed E-state index contributed by atoms with van der Waals surface area (Å²) in [4.78, 5) is 8.44. The van der Waals surface area contributed by atoms with Gasteiger partial charge >= 0.3 is 0 Å². The SMILES string of the molecule is N#Cc1ccnc(N2CCN(CC(O)c3ccc(F)c(F)c3)CC2)c1. The van der Waals surface area contributed by atoms with Crippen molar-refractivity contribution < 1.29 is 13.9 Å². The summed E-state index contributed by atoms with van der Waals surface area (Å²) in [5.74, 6) is -1.11. The van der Waals surface area contributed by atoms with Crippen molar-refractivity contribution in [1.82, 2.24) is 9.88 Å². The Hall–Kier alpha value is -2.56. The minimum absolute atomic E-state index is 0.352. The number of anilines is 1. The first-order chi connectivity index (χ1) is 12.1. The van der Waals surface area contributed by atoms with Crippen LogP contribution in [0.2, 0.25) is 0 Å². The quantitative estimate of drug-likeness (QED) is 0.920. The largest absolute Gasteiger partial charge is 0.387 e. The number of benzene rings is 1. The topological polar surface area (TPSA) is 63.4 Å². The molecule has 1 fully saturated rings. The molecule has 0 spiro atoms. The summed E-state index contributed by atoms with van der Waals surface area (Å²) in [6, 6.07) is 8.98. The van der Waals surface area contributed by atoms with Crippen molar-refractivity contribution in [2.24, 2.45) is 0 Å². The van der Waals surface area contributed by atoms with Gasteiger partial charge < -0.3 is 10.0 Å². The zero-order valence-corrected chi connectivity index (χ0v) is 13.6. The van der Waals surface area contributed by atoms with Crippen LogP contribution in [-0.2, 0) is 0 Å². The molecule has 0 saturated carbocycles. The number of nitrogens with zero attached hydrogens (tertiary/aromatic N) is 4. The molecule has 1 aromatic heterocycles. The Morgan fingerprint density at radius 2 is 1.88 bits per heavy atom. The number of hydrogen-bond donors (Lipinski definition) is 1. The molecule has 1 unspecified atom stereocenters. The van der Waals surface area contributed by atoms with Crippen LogP contribution in [0.15, 0.2) is 36.5 Å². The van der Waals surface area contributed by atoms with Crippen molar-refractivity contribution in [3.8, 4) is 6.07 Å². The first-order valence-electron chi connectivity index (χ1n) is 8.03. The normalized spacial score (nSPS) is 16.5. The maximum atomic E-state index is 13.3. The highest BCUT2D eigenvalue weighted by Crippen LogP contribution is 2.19. The molecule has 1 atom stereocenters. The number of piperazine rings is 1. The highest BCUT2D eigenvalue weighted by Gasteiger charge is 2.21. The molecule has 1 N–H and O–H groups in total. The average Bonchev–Trinajstić information content (AvgIpc) is 2.64. The molecule has 1 aromatic carbocycles. The number of nitriles is 1. The van der Waals surface area contributed by atoms with Gasteiger partial charge in [-0.3, -0.25) is 4.90 Å². The van der Waals surface area contributed by atoms with Crippen LogP contribution in [0.5, 0.6) is 0 Å². The fourth-order valence-electron chi connectivity index (χ4n) is 2.89. The molecule has 2 aromatic rings. The lowest BCUT2D eigenvalue weighted by Gasteiger charge is -2.36. The second-order valence-corrected chi connectivity index (χ2v) is 5.99. The number of halogens is 2. The molecule has 2 heterocycles. The zero-order chi connectivity index (χ0) is 17.8. The molecule has 0 radical (unpaired) electrons. The Morgan fingerprint density at radius 1 is 1.12 bits per heavy atom. The monoisotopic (exact) mass is 344 g/mol. The van der Waals surface area contributed by atoms with Gasteiger partial charge in [-0.2, -0.15) is 5.26 Å². The van der Waals surface area contributed by atoms with E-state index in [9.17, 15) is 13.9 Å². The molecule has 130 valence electrons. The van der Waals surface area contributed by atoms with Crippen molar-refractivity contribution in [2.75, 3.05) is 37.6 Å². The molecule has 0 amide bonds. The lowest BCUT2D eigenvalue weighted by molar-refractivity contribution is 0.109. The molecule has 3 rings (SSSR count). The number of aliphatic hydroxyl groups excluding tert-OH is 1. The van der Waals surface area contributed by atoms with Crippen LogP contribution in [0.1, 0.15) is 17.2 Å². The Morgan fingerprint density at radius 3 is 2.56 bits per heavy atom. The van der Waals surface area contributed by atoms with Gasteiger partial charge in [0.15, 0.2) is 11.6 Å². The number of hydrogen-bond acceptors (Lipinski definition) is 5. The minimum atomic E-state index is -0.954. The minimum Gasteiger partial charge on any atom is -0.387 e. The molecular formula is C18H18F2N4O. The molecule has 1 saturated heterocycles. The van der Waals surface area contributed by atoms with Crippen LogP contribution >= 0.6 is 0 Å². The first-order valence-corrected chi connectivity index (χ1v) is 8.03. The standard InChI is InChI=1S/C18H18F2N4O/c19-15-2-1-14(10-16(15)20)17(25)12-23-5-7-24(8-6-23)18-9-13(11-21)3-4-22-18/h1-4,9-10,17,25H,5-8,12H2. The van der Waals surface area contributed by atoms with Crippen molar-refractivity contribution in [1.29, 1.82) is 5.26 Å². The van der Waals surface area contributed by atoms with E-state index in [0.717, 1.165) is 18.0 Å². The predicted octanol–water partition coefficient (Wildman–Crippen LogP) is 2.09. The van der Waals surface area contributed by atoms with Gasteiger partial charge in [0.25, 0.3) is 0 Å². The van der Waals surface area contributed by atoms with E-state index in [-0.39, 0.29) is 0 Å². The van der Waals surface area contributed by atoms with E-state index in [1.54, 1.807) is 18.3 Å². The van der Waals surface area contributed by atoms with E-state index in [2.05, 4.69) is 20.9 Å². The van der Waals surface area contributed by atoms with Gasteiger partial charge in [0, 0.05) is 38.9 Å². The van der Waals surface area contributed by atoms with Gasteiger partial charge in [-0.15, -0.1) is 0 Å². The lowest BCUT2D eigenvalue weighted by Crippen LogP contribution is -2.47. The Labute approximate surface area is 144 Å². The Kier molecular flexibility index (Phi) is 5.22. The van der Waals surface area contributed by atoms with Gasteiger partial charge in [-0.05, 0) is 29.8 Å². The third-order valence-electron chi connectivity index (χ3n) is 4.33. The van der Waals surface area contributed by atoms with E-state index >= 15 is 0 Å². The molecule has 1 aliphatic rings. The lowest BCUT2D eigenvalue weighted by atomic mass is 10.1. The molecule has 0 aliphatic carbocycles. The number of pyridine rings is 1. The van der Waals surface area contributed by atoms with Crippen LogP contribution in [0.3, 0.4) is 0 Å². The van der Waals surface area contributed by atoms with Crippen LogP contribution < -0.4 is 4.90 Å². The van der Waals surface area contributed by atoms with Crippen LogP contribution in [0.25, 0.3) is 0 Å². The highest BCUT2D eigenvalue weighted by molar-refractivity contribution is 5.45. The second kappa shape index (κ2) is 7.55. The van der Waals surface area contributed by atoms with Crippen LogP contribution in [-0.4, -0.2) is 47.7 Å². The summed E-state index contributed by atoms with van der Waals surface area (Å²) < 4.78 is 26.3. The molecule has 7 heteroatoms. The Balaban J connectivity index is 1.57. The summed E-state index contributed by atoms with van der Waals surface area (Å²) >= 11 is 0. The predicted molar refractivity (Wildman–Crippen MR) is 88.9 cm³/mol.